The Morgan fingerprint density at radius 3 is 3.00 bits per heavy atom. The summed E-state index contributed by atoms with van der Waals surface area (Å²) in [7, 11) is 0. The molecule has 4 heteroatoms. The summed E-state index contributed by atoms with van der Waals surface area (Å²) < 4.78 is 0. The summed E-state index contributed by atoms with van der Waals surface area (Å²) in [5, 5.41) is 15.7. The highest BCUT2D eigenvalue weighted by Crippen LogP contribution is 2.34. The standard InChI is InChI=1S/C17H21N3O/c21-13-6-5-12-7-9-19-17(14(12)11-13)20-10-2-4-16(20)15-3-1-8-18-15/h5-7,9,11,15-16,18,21H,1-4,8,10H2. The second-order valence-corrected chi connectivity index (χ2v) is 6.15. The molecule has 2 fully saturated rings. The van der Waals surface area contributed by atoms with E-state index in [1.54, 1.807) is 6.07 Å². The zero-order chi connectivity index (χ0) is 14.2. The number of hydrogen-bond donors (Lipinski definition) is 2. The molecule has 2 aromatic rings. The topological polar surface area (TPSA) is 48.4 Å². The van der Waals surface area contributed by atoms with Crippen LogP contribution in [-0.4, -0.2) is 35.3 Å². The zero-order valence-electron chi connectivity index (χ0n) is 12.1. The molecule has 1 aromatic carbocycles. The Kier molecular flexibility index (Phi) is 3.19. The Morgan fingerprint density at radius 1 is 1.19 bits per heavy atom. The minimum absolute atomic E-state index is 0.312. The molecule has 2 unspecified atom stereocenters. The van der Waals surface area contributed by atoms with E-state index in [4.69, 9.17) is 0 Å². The van der Waals surface area contributed by atoms with Crippen LogP contribution in [0.25, 0.3) is 10.8 Å². The van der Waals surface area contributed by atoms with Crippen molar-refractivity contribution in [2.45, 2.75) is 37.8 Å². The van der Waals surface area contributed by atoms with Gasteiger partial charge in [-0.15, -0.1) is 0 Å². The van der Waals surface area contributed by atoms with Crippen molar-refractivity contribution in [3.8, 4) is 5.75 Å². The molecule has 0 radical (unpaired) electrons. The van der Waals surface area contributed by atoms with Gasteiger partial charge in [-0.3, -0.25) is 0 Å². The highest BCUT2D eigenvalue weighted by Gasteiger charge is 2.34. The fourth-order valence-corrected chi connectivity index (χ4v) is 3.88. The van der Waals surface area contributed by atoms with Crippen molar-refractivity contribution in [2.75, 3.05) is 18.0 Å². The van der Waals surface area contributed by atoms with Crippen LogP contribution in [0.1, 0.15) is 25.7 Å². The van der Waals surface area contributed by atoms with Crippen LogP contribution < -0.4 is 10.2 Å². The van der Waals surface area contributed by atoms with Crippen LogP contribution >= 0.6 is 0 Å². The second-order valence-electron chi connectivity index (χ2n) is 6.15. The molecule has 21 heavy (non-hydrogen) atoms. The third kappa shape index (κ3) is 2.23. The van der Waals surface area contributed by atoms with Crippen molar-refractivity contribution in [3.63, 3.8) is 0 Å². The van der Waals surface area contributed by atoms with Gasteiger partial charge in [0.1, 0.15) is 11.6 Å². The van der Waals surface area contributed by atoms with Crippen molar-refractivity contribution in [1.82, 2.24) is 10.3 Å². The van der Waals surface area contributed by atoms with Gasteiger partial charge in [0.25, 0.3) is 0 Å². The highest BCUT2D eigenvalue weighted by molar-refractivity contribution is 5.93. The van der Waals surface area contributed by atoms with E-state index >= 15 is 0 Å². The van der Waals surface area contributed by atoms with Crippen molar-refractivity contribution < 1.29 is 5.11 Å². The Bertz CT molecular complexity index is 652. The van der Waals surface area contributed by atoms with Gasteiger partial charge in [0.05, 0.1) is 0 Å². The summed E-state index contributed by atoms with van der Waals surface area (Å²) in [5.74, 6) is 1.34. The highest BCUT2D eigenvalue weighted by atomic mass is 16.3. The van der Waals surface area contributed by atoms with Crippen molar-refractivity contribution in [1.29, 1.82) is 0 Å². The lowest BCUT2D eigenvalue weighted by molar-refractivity contribution is 0.475. The van der Waals surface area contributed by atoms with Gasteiger partial charge in [0, 0.05) is 30.2 Å². The molecule has 4 rings (SSSR count). The SMILES string of the molecule is Oc1ccc2ccnc(N3CCCC3C3CCCN3)c2c1. The number of aromatic hydroxyl groups is 1. The van der Waals surface area contributed by atoms with Gasteiger partial charge in [-0.25, -0.2) is 4.98 Å². The van der Waals surface area contributed by atoms with Crippen molar-refractivity contribution >= 4 is 16.6 Å². The van der Waals surface area contributed by atoms with E-state index in [0.717, 1.165) is 29.7 Å². The first-order valence-corrected chi connectivity index (χ1v) is 7.91. The summed E-state index contributed by atoms with van der Waals surface area (Å²) in [5.41, 5.74) is 0. The van der Waals surface area contributed by atoms with E-state index in [0.29, 0.717) is 17.8 Å². The molecule has 0 saturated carbocycles. The predicted molar refractivity (Wildman–Crippen MR) is 84.8 cm³/mol. The number of rotatable bonds is 2. The average molecular weight is 283 g/mol. The van der Waals surface area contributed by atoms with Crippen LogP contribution in [0.3, 0.4) is 0 Å². The fourth-order valence-electron chi connectivity index (χ4n) is 3.88. The van der Waals surface area contributed by atoms with Gasteiger partial charge in [-0.05, 0) is 55.8 Å². The predicted octanol–water partition coefficient (Wildman–Crippen LogP) is 2.66. The van der Waals surface area contributed by atoms with Gasteiger partial charge < -0.3 is 15.3 Å². The van der Waals surface area contributed by atoms with E-state index in [2.05, 4.69) is 15.2 Å². The maximum Gasteiger partial charge on any atom is 0.136 e. The molecular formula is C17H21N3O. The first-order valence-electron chi connectivity index (χ1n) is 7.91. The van der Waals surface area contributed by atoms with E-state index in [9.17, 15) is 5.11 Å². The minimum Gasteiger partial charge on any atom is -0.508 e. The van der Waals surface area contributed by atoms with Crippen molar-refractivity contribution in [3.05, 3.63) is 30.5 Å². The average Bonchev–Trinajstić information content (AvgIpc) is 3.17. The lowest BCUT2D eigenvalue weighted by atomic mass is 10.0. The van der Waals surface area contributed by atoms with Crippen LogP contribution in [0.2, 0.25) is 0 Å². The number of benzene rings is 1. The molecule has 3 heterocycles. The van der Waals surface area contributed by atoms with Crippen molar-refractivity contribution in [2.24, 2.45) is 0 Å². The van der Waals surface area contributed by atoms with Gasteiger partial charge in [0.2, 0.25) is 0 Å². The summed E-state index contributed by atoms with van der Waals surface area (Å²) in [4.78, 5) is 7.09. The monoisotopic (exact) mass is 283 g/mol. The Labute approximate surface area is 124 Å². The maximum absolute atomic E-state index is 9.82. The largest absolute Gasteiger partial charge is 0.508 e. The molecular weight excluding hydrogens is 262 g/mol. The minimum atomic E-state index is 0.312. The maximum atomic E-state index is 9.82. The van der Waals surface area contributed by atoms with E-state index in [1.165, 1.54) is 25.7 Å². The molecule has 2 atom stereocenters. The molecule has 2 N–H and O–H groups in total. The number of anilines is 1. The van der Waals surface area contributed by atoms with E-state index in [-0.39, 0.29) is 0 Å². The molecule has 110 valence electrons. The third-order valence-corrected chi connectivity index (χ3v) is 4.86. The molecule has 0 amide bonds. The lowest BCUT2D eigenvalue weighted by Crippen LogP contribution is -2.44. The van der Waals surface area contributed by atoms with Crippen LogP contribution in [-0.2, 0) is 0 Å². The first kappa shape index (κ1) is 12.9. The summed E-state index contributed by atoms with van der Waals surface area (Å²) >= 11 is 0. The number of hydrogen-bond acceptors (Lipinski definition) is 4. The molecule has 0 bridgehead atoms. The molecule has 0 aliphatic carbocycles. The second kappa shape index (κ2) is 5.19. The van der Waals surface area contributed by atoms with E-state index in [1.807, 2.05) is 24.4 Å². The summed E-state index contributed by atoms with van der Waals surface area (Å²) in [6.45, 7) is 2.20. The van der Waals surface area contributed by atoms with Gasteiger partial charge in [-0.1, -0.05) is 6.07 Å². The third-order valence-electron chi connectivity index (χ3n) is 4.86. The van der Waals surface area contributed by atoms with Gasteiger partial charge in [-0.2, -0.15) is 0 Å². The number of pyridine rings is 1. The molecule has 2 aliphatic rings. The lowest BCUT2D eigenvalue weighted by Gasteiger charge is -2.31. The number of nitrogens with one attached hydrogen (secondary N) is 1. The molecule has 1 aromatic heterocycles. The van der Waals surface area contributed by atoms with Crippen LogP contribution in [0.15, 0.2) is 30.5 Å². The molecule has 4 nitrogen and oxygen atoms in total. The Hall–Kier alpha value is -1.81. The molecule has 2 saturated heterocycles. The number of fused-ring (bicyclic) bond motifs is 1. The van der Waals surface area contributed by atoms with Crippen LogP contribution in [0, 0.1) is 0 Å². The normalized spacial score (nSPS) is 25.8. The smallest absolute Gasteiger partial charge is 0.136 e. The van der Waals surface area contributed by atoms with Gasteiger partial charge in [0.15, 0.2) is 0 Å². The quantitative estimate of drug-likeness (QED) is 0.889. The van der Waals surface area contributed by atoms with Crippen LogP contribution in [0.5, 0.6) is 5.75 Å². The fraction of sp³-hybridized carbons (Fsp3) is 0.471. The number of nitrogens with zero attached hydrogens (tertiary/aromatic N) is 2. The number of phenolic OH excluding ortho intramolecular Hbond substituents is 1. The van der Waals surface area contributed by atoms with Crippen LogP contribution in [0.4, 0.5) is 5.82 Å². The zero-order valence-corrected chi connectivity index (χ0v) is 12.1. The number of aromatic nitrogens is 1. The number of phenols is 1. The molecule has 0 spiro atoms. The first-order chi connectivity index (χ1) is 10.3. The summed E-state index contributed by atoms with van der Waals surface area (Å²) in [6, 6.07) is 8.68. The Balaban J connectivity index is 1.76. The van der Waals surface area contributed by atoms with Gasteiger partial charge >= 0.3 is 0 Å². The van der Waals surface area contributed by atoms with E-state index < -0.39 is 0 Å². The molecule has 2 aliphatic heterocycles. The Morgan fingerprint density at radius 2 is 2.14 bits per heavy atom. The summed E-state index contributed by atoms with van der Waals surface area (Å²) in [6.07, 6.45) is 6.87.